The molecule has 0 saturated carbocycles. The zero-order chi connectivity index (χ0) is 14.9. The predicted octanol–water partition coefficient (Wildman–Crippen LogP) is 0.620. The van der Waals surface area contributed by atoms with Gasteiger partial charge in [-0.15, -0.1) is 0 Å². The number of hydrogen-bond donors (Lipinski definition) is 2. The number of nitrogens with zero attached hydrogens (tertiary/aromatic N) is 1. The van der Waals surface area contributed by atoms with Crippen molar-refractivity contribution in [2.45, 2.75) is 32.5 Å². The number of carboxylic acids is 1. The van der Waals surface area contributed by atoms with Gasteiger partial charge in [0.25, 0.3) is 5.91 Å². The van der Waals surface area contributed by atoms with Crippen LogP contribution < -0.4 is 5.32 Å². The molecule has 0 aliphatic carbocycles. The summed E-state index contributed by atoms with van der Waals surface area (Å²) in [5.74, 6) is -1.78. The predicted molar refractivity (Wildman–Crippen MR) is 71.0 cm³/mol. The van der Waals surface area contributed by atoms with E-state index < -0.39 is 24.0 Å². The first-order chi connectivity index (χ1) is 9.41. The zero-order valence-corrected chi connectivity index (χ0v) is 11.3. The van der Waals surface area contributed by atoms with Gasteiger partial charge in [-0.3, -0.25) is 14.4 Å². The molecule has 0 fully saturated rings. The molecule has 2 atom stereocenters. The second kappa shape index (κ2) is 5.32. The minimum absolute atomic E-state index is 0.203. The SMILES string of the molecule is C[C@H](NC(=O)[C@H](C)N1Cc2ccccc2C1=O)C(=O)O. The number of fused-ring (bicyclic) bond motifs is 1. The summed E-state index contributed by atoms with van der Waals surface area (Å²) in [4.78, 5) is 36.3. The largest absolute Gasteiger partial charge is 0.480 e. The van der Waals surface area contributed by atoms with E-state index >= 15 is 0 Å². The van der Waals surface area contributed by atoms with Gasteiger partial charge in [-0.05, 0) is 25.5 Å². The van der Waals surface area contributed by atoms with Crippen LogP contribution in [0.1, 0.15) is 29.8 Å². The Morgan fingerprint density at radius 1 is 1.30 bits per heavy atom. The minimum atomic E-state index is -1.11. The van der Waals surface area contributed by atoms with E-state index in [4.69, 9.17) is 5.11 Å². The lowest BCUT2D eigenvalue weighted by molar-refractivity contribution is -0.141. The Balaban J connectivity index is 2.08. The zero-order valence-electron chi connectivity index (χ0n) is 11.3. The fraction of sp³-hybridized carbons (Fsp3) is 0.357. The van der Waals surface area contributed by atoms with Crippen LogP contribution in [0.2, 0.25) is 0 Å². The van der Waals surface area contributed by atoms with Crippen molar-refractivity contribution >= 4 is 17.8 Å². The van der Waals surface area contributed by atoms with Gasteiger partial charge < -0.3 is 15.3 Å². The number of benzene rings is 1. The van der Waals surface area contributed by atoms with Crippen LogP contribution in [0.25, 0.3) is 0 Å². The van der Waals surface area contributed by atoms with Gasteiger partial charge in [0.1, 0.15) is 12.1 Å². The highest BCUT2D eigenvalue weighted by Gasteiger charge is 2.34. The number of hydrogen-bond acceptors (Lipinski definition) is 3. The molecule has 2 amide bonds. The molecular weight excluding hydrogens is 260 g/mol. The highest BCUT2D eigenvalue weighted by molar-refractivity contribution is 6.01. The number of carbonyl (C=O) groups is 3. The first-order valence-corrected chi connectivity index (χ1v) is 6.34. The summed E-state index contributed by atoms with van der Waals surface area (Å²) in [6, 6.07) is 5.49. The van der Waals surface area contributed by atoms with E-state index in [9.17, 15) is 14.4 Å². The first-order valence-electron chi connectivity index (χ1n) is 6.34. The van der Waals surface area contributed by atoms with Crippen molar-refractivity contribution in [3.8, 4) is 0 Å². The second-order valence-corrected chi connectivity index (χ2v) is 4.83. The van der Waals surface area contributed by atoms with Crippen LogP contribution >= 0.6 is 0 Å². The molecule has 20 heavy (non-hydrogen) atoms. The van der Waals surface area contributed by atoms with E-state index in [0.29, 0.717) is 12.1 Å². The van der Waals surface area contributed by atoms with Crippen molar-refractivity contribution in [1.82, 2.24) is 10.2 Å². The Kier molecular flexibility index (Phi) is 3.74. The van der Waals surface area contributed by atoms with Gasteiger partial charge in [0.05, 0.1) is 0 Å². The molecule has 6 nitrogen and oxygen atoms in total. The number of rotatable bonds is 4. The van der Waals surface area contributed by atoms with E-state index in [-0.39, 0.29) is 5.91 Å². The highest BCUT2D eigenvalue weighted by Crippen LogP contribution is 2.24. The molecule has 1 heterocycles. The second-order valence-electron chi connectivity index (χ2n) is 4.83. The van der Waals surface area contributed by atoms with Gasteiger partial charge >= 0.3 is 5.97 Å². The molecule has 0 radical (unpaired) electrons. The highest BCUT2D eigenvalue weighted by atomic mass is 16.4. The van der Waals surface area contributed by atoms with Crippen molar-refractivity contribution in [2.24, 2.45) is 0 Å². The summed E-state index contributed by atoms with van der Waals surface area (Å²) < 4.78 is 0. The Labute approximate surface area is 116 Å². The van der Waals surface area contributed by atoms with E-state index in [1.54, 1.807) is 19.1 Å². The van der Waals surface area contributed by atoms with Crippen LogP contribution in [0.3, 0.4) is 0 Å². The molecule has 0 bridgehead atoms. The van der Waals surface area contributed by atoms with Crippen molar-refractivity contribution in [3.63, 3.8) is 0 Å². The minimum Gasteiger partial charge on any atom is -0.480 e. The van der Waals surface area contributed by atoms with E-state index in [1.165, 1.54) is 11.8 Å². The number of amides is 2. The van der Waals surface area contributed by atoms with Gasteiger partial charge in [0.2, 0.25) is 5.91 Å². The Bertz CT molecular complexity index is 570. The van der Waals surface area contributed by atoms with Gasteiger partial charge in [-0.25, -0.2) is 0 Å². The number of carboxylic acid groups (broad SMARTS) is 1. The van der Waals surface area contributed by atoms with Crippen LogP contribution in [0, 0.1) is 0 Å². The average molecular weight is 276 g/mol. The van der Waals surface area contributed by atoms with Crippen LogP contribution in [0.5, 0.6) is 0 Å². The summed E-state index contributed by atoms with van der Waals surface area (Å²) in [6.45, 7) is 3.34. The summed E-state index contributed by atoms with van der Waals surface area (Å²) in [5, 5.41) is 11.1. The van der Waals surface area contributed by atoms with Crippen LogP contribution in [-0.2, 0) is 16.1 Å². The van der Waals surface area contributed by atoms with E-state index in [2.05, 4.69) is 5.32 Å². The summed E-state index contributed by atoms with van der Waals surface area (Å²) >= 11 is 0. The monoisotopic (exact) mass is 276 g/mol. The van der Waals surface area contributed by atoms with Crippen molar-refractivity contribution in [1.29, 1.82) is 0 Å². The molecule has 2 rings (SSSR count). The normalized spacial score (nSPS) is 16.5. The molecule has 2 N–H and O–H groups in total. The fourth-order valence-corrected chi connectivity index (χ4v) is 2.13. The summed E-state index contributed by atoms with van der Waals surface area (Å²) in [7, 11) is 0. The molecule has 0 saturated heterocycles. The average Bonchev–Trinajstić information content (AvgIpc) is 2.75. The fourth-order valence-electron chi connectivity index (χ4n) is 2.13. The smallest absolute Gasteiger partial charge is 0.325 e. The Morgan fingerprint density at radius 3 is 2.55 bits per heavy atom. The molecule has 106 valence electrons. The maximum atomic E-state index is 12.2. The van der Waals surface area contributed by atoms with Gasteiger partial charge in [-0.2, -0.15) is 0 Å². The van der Waals surface area contributed by atoms with E-state index in [1.807, 2.05) is 12.1 Å². The molecule has 6 heteroatoms. The van der Waals surface area contributed by atoms with Crippen molar-refractivity contribution < 1.29 is 19.5 Å². The van der Waals surface area contributed by atoms with E-state index in [0.717, 1.165) is 5.56 Å². The third-order valence-corrected chi connectivity index (χ3v) is 3.43. The van der Waals surface area contributed by atoms with Gasteiger partial charge in [0.15, 0.2) is 0 Å². The molecule has 0 unspecified atom stereocenters. The third kappa shape index (κ3) is 2.49. The van der Waals surface area contributed by atoms with Gasteiger partial charge in [-0.1, -0.05) is 18.2 Å². The molecular formula is C14H16N2O4. The van der Waals surface area contributed by atoms with Crippen LogP contribution in [0.4, 0.5) is 0 Å². The Hall–Kier alpha value is -2.37. The first kappa shape index (κ1) is 14.0. The number of nitrogens with one attached hydrogen (secondary N) is 1. The lowest BCUT2D eigenvalue weighted by Crippen LogP contribution is -2.49. The van der Waals surface area contributed by atoms with Crippen LogP contribution in [-0.4, -0.2) is 39.9 Å². The lowest BCUT2D eigenvalue weighted by atomic mass is 10.1. The standard InChI is InChI=1S/C14H16N2O4/c1-8(14(19)20)15-12(17)9(2)16-7-10-5-3-4-6-11(10)13(16)18/h3-6,8-9H,7H2,1-2H3,(H,15,17)(H,19,20)/t8-,9-/m0/s1. The summed E-state index contributed by atoms with van der Waals surface area (Å²) in [5.41, 5.74) is 1.47. The maximum Gasteiger partial charge on any atom is 0.325 e. The van der Waals surface area contributed by atoms with Crippen molar-refractivity contribution in [2.75, 3.05) is 0 Å². The molecule has 0 aromatic heterocycles. The maximum absolute atomic E-state index is 12.2. The van der Waals surface area contributed by atoms with Crippen molar-refractivity contribution in [3.05, 3.63) is 35.4 Å². The molecule has 0 spiro atoms. The summed E-state index contributed by atoms with van der Waals surface area (Å²) in [6.07, 6.45) is 0. The molecule has 1 aromatic carbocycles. The molecule has 1 aromatic rings. The third-order valence-electron chi connectivity index (χ3n) is 3.43. The van der Waals surface area contributed by atoms with Gasteiger partial charge in [0, 0.05) is 12.1 Å². The molecule has 1 aliphatic heterocycles. The quantitative estimate of drug-likeness (QED) is 0.844. The topological polar surface area (TPSA) is 86.7 Å². The lowest BCUT2D eigenvalue weighted by Gasteiger charge is -2.24. The van der Waals surface area contributed by atoms with Crippen LogP contribution in [0.15, 0.2) is 24.3 Å². The Morgan fingerprint density at radius 2 is 1.95 bits per heavy atom. The number of aliphatic carboxylic acids is 1. The molecule has 1 aliphatic rings. The number of carbonyl (C=O) groups excluding carboxylic acids is 2.